The molecule has 1 heterocycles. The van der Waals surface area contributed by atoms with Crippen LogP contribution in [0.1, 0.15) is 32.6 Å². The van der Waals surface area contributed by atoms with Gasteiger partial charge in [-0.15, -0.1) is 0 Å². The minimum absolute atomic E-state index is 0.313. The van der Waals surface area contributed by atoms with Gasteiger partial charge in [-0.1, -0.05) is 0 Å². The van der Waals surface area contributed by atoms with Crippen molar-refractivity contribution in [1.29, 1.82) is 0 Å². The van der Waals surface area contributed by atoms with Crippen molar-refractivity contribution < 1.29 is 23.8 Å². The molecule has 1 aliphatic heterocycles. The molecule has 1 saturated heterocycles. The van der Waals surface area contributed by atoms with E-state index in [1.807, 2.05) is 6.26 Å². The molecule has 1 amide bonds. The van der Waals surface area contributed by atoms with Gasteiger partial charge in [0.05, 0.1) is 27.1 Å². The maximum Gasteiger partial charge on any atom is 0.410 e. The van der Waals surface area contributed by atoms with Crippen molar-refractivity contribution in [3.05, 3.63) is 11.8 Å². The lowest BCUT2D eigenvalue weighted by Gasteiger charge is -2.44. The van der Waals surface area contributed by atoms with Gasteiger partial charge in [-0.2, -0.15) is 0 Å². The van der Waals surface area contributed by atoms with Crippen molar-refractivity contribution in [3.63, 3.8) is 0 Å². The Bertz CT molecular complexity index is 448. The summed E-state index contributed by atoms with van der Waals surface area (Å²) < 4.78 is 15.1. The van der Waals surface area contributed by atoms with Crippen LogP contribution in [0.25, 0.3) is 0 Å². The maximum atomic E-state index is 12.2. The SMILES string of the molecule is CCOC(=O)[C@H]1C[C@@H]2C/C(=C/OC)CC[C@@H]2CN1C(=O)OC. The average Bonchev–Trinajstić information content (AvgIpc) is 2.53. The molecule has 3 atom stereocenters. The number of esters is 1. The Balaban J connectivity index is 2.14. The number of piperidine rings is 1. The fourth-order valence-electron chi connectivity index (χ4n) is 3.58. The van der Waals surface area contributed by atoms with Gasteiger partial charge < -0.3 is 14.2 Å². The van der Waals surface area contributed by atoms with E-state index in [1.54, 1.807) is 14.0 Å². The smallest absolute Gasteiger partial charge is 0.410 e. The van der Waals surface area contributed by atoms with Crippen molar-refractivity contribution in [3.8, 4) is 0 Å². The number of likely N-dealkylation sites (tertiary alicyclic amines) is 1. The molecular weight excluding hydrogens is 286 g/mol. The van der Waals surface area contributed by atoms with Gasteiger partial charge in [0, 0.05) is 6.54 Å². The summed E-state index contributed by atoms with van der Waals surface area (Å²) in [7, 11) is 3.00. The largest absolute Gasteiger partial charge is 0.504 e. The molecule has 124 valence electrons. The number of ether oxygens (including phenoxy) is 3. The fraction of sp³-hybridized carbons (Fsp3) is 0.750. The molecule has 22 heavy (non-hydrogen) atoms. The average molecular weight is 311 g/mol. The third kappa shape index (κ3) is 3.54. The van der Waals surface area contributed by atoms with Gasteiger partial charge in [0.25, 0.3) is 0 Å². The van der Waals surface area contributed by atoms with Crippen molar-refractivity contribution in [2.45, 2.75) is 38.6 Å². The molecule has 1 saturated carbocycles. The van der Waals surface area contributed by atoms with E-state index in [0.29, 0.717) is 31.4 Å². The van der Waals surface area contributed by atoms with Crippen molar-refractivity contribution in [2.24, 2.45) is 11.8 Å². The minimum Gasteiger partial charge on any atom is -0.504 e. The zero-order chi connectivity index (χ0) is 16.1. The van der Waals surface area contributed by atoms with Gasteiger partial charge in [-0.3, -0.25) is 4.90 Å². The molecule has 0 aromatic heterocycles. The van der Waals surface area contributed by atoms with Crippen LogP contribution in [0.15, 0.2) is 11.8 Å². The third-order valence-electron chi connectivity index (χ3n) is 4.61. The lowest BCUT2D eigenvalue weighted by molar-refractivity contribution is -0.152. The molecule has 6 heteroatoms. The van der Waals surface area contributed by atoms with Crippen LogP contribution < -0.4 is 0 Å². The fourth-order valence-corrected chi connectivity index (χ4v) is 3.58. The van der Waals surface area contributed by atoms with Crippen LogP contribution in [0.4, 0.5) is 4.79 Å². The molecule has 2 rings (SSSR count). The van der Waals surface area contributed by atoms with Crippen molar-refractivity contribution in [1.82, 2.24) is 4.90 Å². The summed E-state index contributed by atoms with van der Waals surface area (Å²) in [6.45, 7) is 2.64. The zero-order valence-electron chi connectivity index (χ0n) is 13.5. The van der Waals surface area contributed by atoms with E-state index in [9.17, 15) is 9.59 Å². The first-order valence-electron chi connectivity index (χ1n) is 7.82. The van der Waals surface area contributed by atoms with Gasteiger partial charge in [-0.05, 0) is 50.0 Å². The van der Waals surface area contributed by atoms with E-state index in [2.05, 4.69) is 0 Å². The summed E-state index contributed by atoms with van der Waals surface area (Å²) in [5.41, 5.74) is 1.28. The molecule has 6 nitrogen and oxygen atoms in total. The highest BCUT2D eigenvalue weighted by atomic mass is 16.6. The molecule has 0 aromatic rings. The van der Waals surface area contributed by atoms with E-state index in [0.717, 1.165) is 19.3 Å². The lowest BCUT2D eigenvalue weighted by atomic mass is 9.71. The van der Waals surface area contributed by atoms with Crippen LogP contribution in [-0.4, -0.2) is 50.4 Å². The van der Waals surface area contributed by atoms with Crippen LogP contribution in [-0.2, 0) is 19.0 Å². The number of carbonyl (C=O) groups is 2. The second-order valence-corrected chi connectivity index (χ2v) is 5.90. The van der Waals surface area contributed by atoms with Crippen molar-refractivity contribution >= 4 is 12.1 Å². The molecule has 2 fully saturated rings. The number of amides is 1. The maximum absolute atomic E-state index is 12.2. The number of allylic oxidation sites excluding steroid dienone is 1. The van der Waals surface area contributed by atoms with E-state index in [-0.39, 0.29) is 5.97 Å². The van der Waals surface area contributed by atoms with Crippen molar-refractivity contribution in [2.75, 3.05) is 27.4 Å². The third-order valence-corrected chi connectivity index (χ3v) is 4.61. The second kappa shape index (κ2) is 7.51. The van der Waals surface area contributed by atoms with Gasteiger partial charge in [-0.25, -0.2) is 9.59 Å². The van der Waals surface area contributed by atoms with E-state index in [1.165, 1.54) is 17.6 Å². The lowest BCUT2D eigenvalue weighted by Crippen LogP contribution is -2.54. The first-order chi connectivity index (χ1) is 10.6. The predicted molar refractivity (Wildman–Crippen MR) is 80.1 cm³/mol. The molecule has 0 aromatic carbocycles. The molecule has 0 bridgehead atoms. The normalized spacial score (nSPS) is 29.7. The Kier molecular flexibility index (Phi) is 5.69. The molecule has 0 N–H and O–H groups in total. The van der Waals surface area contributed by atoms with E-state index in [4.69, 9.17) is 14.2 Å². The number of fused-ring (bicyclic) bond motifs is 1. The standard InChI is InChI=1S/C16H25NO5/c1-4-22-15(18)14-8-13-7-11(10-20-2)5-6-12(13)9-17(14)16(19)21-3/h10,12-14H,4-9H2,1-3H3/b11-10+/t12-,13+,14-/m1/s1. The number of nitrogens with zero attached hydrogens (tertiary/aromatic N) is 1. The van der Waals surface area contributed by atoms with Crippen LogP contribution in [0.5, 0.6) is 0 Å². The van der Waals surface area contributed by atoms with Gasteiger partial charge in [0.2, 0.25) is 0 Å². The Hall–Kier alpha value is -1.72. The van der Waals surface area contributed by atoms with Crippen LogP contribution in [0.2, 0.25) is 0 Å². The molecular formula is C16H25NO5. The first kappa shape index (κ1) is 16.6. The first-order valence-corrected chi connectivity index (χ1v) is 7.82. The number of hydrogen-bond donors (Lipinski definition) is 0. The number of hydrogen-bond acceptors (Lipinski definition) is 5. The highest BCUT2D eigenvalue weighted by Gasteiger charge is 2.43. The molecule has 1 aliphatic carbocycles. The summed E-state index contributed by atoms with van der Waals surface area (Å²) >= 11 is 0. The summed E-state index contributed by atoms with van der Waals surface area (Å²) in [5, 5.41) is 0. The summed E-state index contributed by atoms with van der Waals surface area (Å²) in [6, 6.07) is -0.546. The monoisotopic (exact) mass is 311 g/mol. The van der Waals surface area contributed by atoms with Gasteiger partial charge >= 0.3 is 12.1 Å². The van der Waals surface area contributed by atoms with Crippen LogP contribution in [0.3, 0.4) is 0 Å². The Morgan fingerprint density at radius 3 is 2.73 bits per heavy atom. The number of rotatable bonds is 3. The van der Waals surface area contributed by atoms with Crippen LogP contribution in [0, 0.1) is 11.8 Å². The molecule has 0 unspecified atom stereocenters. The van der Waals surface area contributed by atoms with Gasteiger partial charge in [0.1, 0.15) is 6.04 Å². The predicted octanol–water partition coefficient (Wildman–Crippen LogP) is 2.34. The van der Waals surface area contributed by atoms with E-state index < -0.39 is 12.1 Å². The highest BCUT2D eigenvalue weighted by Crippen LogP contribution is 2.41. The number of carbonyl (C=O) groups excluding carboxylic acids is 2. The van der Waals surface area contributed by atoms with Crippen LogP contribution >= 0.6 is 0 Å². The summed E-state index contributed by atoms with van der Waals surface area (Å²) in [5.74, 6) is 0.443. The Morgan fingerprint density at radius 1 is 1.32 bits per heavy atom. The summed E-state index contributed by atoms with van der Waals surface area (Å²) in [4.78, 5) is 25.7. The quantitative estimate of drug-likeness (QED) is 0.591. The van der Waals surface area contributed by atoms with E-state index >= 15 is 0 Å². The highest BCUT2D eigenvalue weighted by molar-refractivity contribution is 5.81. The van der Waals surface area contributed by atoms with Gasteiger partial charge in [0.15, 0.2) is 0 Å². The Labute approximate surface area is 131 Å². The molecule has 0 radical (unpaired) electrons. The Morgan fingerprint density at radius 2 is 2.09 bits per heavy atom. The molecule has 2 aliphatic rings. The summed E-state index contributed by atoms with van der Waals surface area (Å²) in [6.07, 6.45) is 4.89. The number of methoxy groups -OCH3 is 2. The second-order valence-electron chi connectivity index (χ2n) is 5.90. The zero-order valence-corrected chi connectivity index (χ0v) is 13.5. The minimum atomic E-state index is -0.546. The molecule has 0 spiro atoms. The topological polar surface area (TPSA) is 65.1 Å².